The number of para-hydroxylation sites is 1. The number of hydrogen-bond donors (Lipinski definition) is 1. The van der Waals surface area contributed by atoms with Crippen molar-refractivity contribution in [3.8, 4) is 33.8 Å². The monoisotopic (exact) mass is 349 g/mol. The van der Waals surface area contributed by atoms with Gasteiger partial charge in [-0.1, -0.05) is 66.7 Å². The van der Waals surface area contributed by atoms with Crippen LogP contribution in [-0.4, -0.2) is 0 Å². The summed E-state index contributed by atoms with van der Waals surface area (Å²) in [6.07, 6.45) is 0.984. The molecular formula is C25H19NO. The Morgan fingerprint density at radius 1 is 0.630 bits per heavy atom. The lowest BCUT2D eigenvalue weighted by Gasteiger charge is -2.15. The lowest BCUT2D eigenvalue weighted by molar-refractivity contribution is 0.485. The van der Waals surface area contributed by atoms with Gasteiger partial charge in [-0.05, 0) is 52.4 Å². The first-order chi connectivity index (χ1) is 13.3. The number of anilines is 1. The predicted molar refractivity (Wildman–Crippen MR) is 111 cm³/mol. The fraction of sp³-hybridized carbons (Fsp3) is 0.0400. The van der Waals surface area contributed by atoms with Gasteiger partial charge >= 0.3 is 0 Å². The van der Waals surface area contributed by atoms with Gasteiger partial charge in [-0.25, -0.2) is 0 Å². The third-order valence-electron chi connectivity index (χ3n) is 5.08. The number of nitrogen functional groups attached to an aromatic ring is 1. The molecule has 4 aromatic rings. The van der Waals surface area contributed by atoms with Crippen LogP contribution in [0.25, 0.3) is 22.3 Å². The highest BCUT2D eigenvalue weighted by molar-refractivity contribution is 5.92. The molecule has 0 aliphatic heterocycles. The first-order valence-electron chi connectivity index (χ1n) is 9.12. The Kier molecular flexibility index (Phi) is 3.68. The Morgan fingerprint density at radius 2 is 1.33 bits per heavy atom. The van der Waals surface area contributed by atoms with Crippen LogP contribution >= 0.6 is 0 Å². The highest BCUT2D eigenvalue weighted by atomic mass is 16.5. The molecule has 2 heteroatoms. The molecule has 0 heterocycles. The van der Waals surface area contributed by atoms with E-state index >= 15 is 0 Å². The van der Waals surface area contributed by atoms with E-state index in [4.69, 9.17) is 10.5 Å². The van der Waals surface area contributed by atoms with Crippen LogP contribution in [0.5, 0.6) is 11.5 Å². The molecule has 1 aliphatic carbocycles. The molecule has 5 rings (SSSR count). The molecule has 2 N–H and O–H groups in total. The van der Waals surface area contributed by atoms with Gasteiger partial charge in [-0.15, -0.1) is 0 Å². The third kappa shape index (κ3) is 2.76. The summed E-state index contributed by atoms with van der Waals surface area (Å²) in [6.45, 7) is 0. The molecule has 0 radical (unpaired) electrons. The van der Waals surface area contributed by atoms with Crippen LogP contribution in [0.2, 0.25) is 0 Å². The van der Waals surface area contributed by atoms with E-state index < -0.39 is 0 Å². The number of rotatable bonds is 3. The Bertz CT molecular complexity index is 1150. The maximum Gasteiger partial charge on any atom is 0.135 e. The number of ether oxygens (including phenoxy) is 1. The lowest BCUT2D eigenvalue weighted by atomic mass is 9.94. The van der Waals surface area contributed by atoms with Gasteiger partial charge in [-0.3, -0.25) is 0 Å². The van der Waals surface area contributed by atoms with Gasteiger partial charge in [0.25, 0.3) is 0 Å². The van der Waals surface area contributed by atoms with Crippen LogP contribution in [0.4, 0.5) is 5.69 Å². The molecule has 0 unspecified atom stereocenters. The summed E-state index contributed by atoms with van der Waals surface area (Å²) in [6, 6.07) is 30.9. The maximum absolute atomic E-state index is 6.21. The van der Waals surface area contributed by atoms with Gasteiger partial charge in [0.05, 0.1) is 0 Å². The van der Waals surface area contributed by atoms with Crippen molar-refractivity contribution >= 4 is 5.69 Å². The highest BCUT2D eigenvalue weighted by Crippen LogP contribution is 2.45. The maximum atomic E-state index is 6.21. The first-order valence-corrected chi connectivity index (χ1v) is 9.12. The molecular weight excluding hydrogens is 330 g/mol. The lowest BCUT2D eigenvalue weighted by Crippen LogP contribution is -1.92. The van der Waals surface area contributed by atoms with Crippen LogP contribution in [0, 0.1) is 0 Å². The Hall–Kier alpha value is -3.52. The zero-order valence-electron chi connectivity index (χ0n) is 14.9. The minimum atomic E-state index is 0.694. The number of fused-ring (bicyclic) bond motifs is 3. The second-order valence-corrected chi connectivity index (χ2v) is 6.84. The third-order valence-corrected chi connectivity index (χ3v) is 5.08. The van der Waals surface area contributed by atoms with Crippen LogP contribution in [0.3, 0.4) is 0 Å². The van der Waals surface area contributed by atoms with E-state index in [1.54, 1.807) is 0 Å². The topological polar surface area (TPSA) is 35.2 Å². The van der Waals surface area contributed by atoms with Crippen molar-refractivity contribution in [1.29, 1.82) is 0 Å². The van der Waals surface area contributed by atoms with E-state index in [9.17, 15) is 0 Å². The van der Waals surface area contributed by atoms with Gasteiger partial charge in [0.1, 0.15) is 11.5 Å². The molecule has 0 aromatic heterocycles. The van der Waals surface area contributed by atoms with E-state index in [0.717, 1.165) is 23.5 Å². The molecule has 0 bridgehead atoms. The molecule has 1 aliphatic rings. The highest BCUT2D eigenvalue weighted by Gasteiger charge is 2.22. The van der Waals surface area contributed by atoms with Crippen molar-refractivity contribution in [2.75, 3.05) is 5.73 Å². The number of nitrogens with two attached hydrogens (primary N) is 1. The molecule has 130 valence electrons. The van der Waals surface area contributed by atoms with Crippen LogP contribution < -0.4 is 10.5 Å². The van der Waals surface area contributed by atoms with Gasteiger partial charge in [0.2, 0.25) is 0 Å². The predicted octanol–water partition coefficient (Wildman–Crippen LogP) is 6.30. The van der Waals surface area contributed by atoms with Gasteiger partial charge in [0.15, 0.2) is 0 Å². The SMILES string of the molecule is Nc1cccc(Oc2ccccc2-c2cccc3c2-c2ccccc2C3)c1. The van der Waals surface area contributed by atoms with E-state index in [1.165, 1.54) is 27.8 Å². The van der Waals surface area contributed by atoms with Crippen LogP contribution in [-0.2, 0) is 6.42 Å². The summed E-state index contributed by atoms with van der Waals surface area (Å²) < 4.78 is 6.21. The van der Waals surface area contributed by atoms with Crippen molar-refractivity contribution in [2.24, 2.45) is 0 Å². The zero-order chi connectivity index (χ0) is 18.2. The van der Waals surface area contributed by atoms with Gasteiger partial charge in [0, 0.05) is 17.3 Å². The molecule has 0 fully saturated rings. The fourth-order valence-corrected chi connectivity index (χ4v) is 3.90. The summed E-state index contributed by atoms with van der Waals surface area (Å²) in [5.41, 5.74) is 14.3. The Morgan fingerprint density at radius 3 is 2.22 bits per heavy atom. The normalized spacial score (nSPS) is 11.7. The average molecular weight is 349 g/mol. The van der Waals surface area contributed by atoms with Crippen molar-refractivity contribution in [1.82, 2.24) is 0 Å². The Balaban J connectivity index is 1.65. The molecule has 4 aromatic carbocycles. The van der Waals surface area contributed by atoms with E-state index in [2.05, 4.69) is 54.6 Å². The van der Waals surface area contributed by atoms with Crippen molar-refractivity contribution in [3.63, 3.8) is 0 Å². The number of hydrogen-bond acceptors (Lipinski definition) is 2. The van der Waals surface area contributed by atoms with Crippen molar-refractivity contribution in [2.45, 2.75) is 6.42 Å². The first kappa shape index (κ1) is 15.7. The molecule has 0 amide bonds. The second kappa shape index (κ2) is 6.33. The summed E-state index contributed by atoms with van der Waals surface area (Å²) in [5.74, 6) is 1.58. The van der Waals surface area contributed by atoms with Crippen LogP contribution in [0.15, 0.2) is 91.0 Å². The van der Waals surface area contributed by atoms with Crippen molar-refractivity contribution in [3.05, 3.63) is 102 Å². The quantitative estimate of drug-likeness (QED) is 0.388. The van der Waals surface area contributed by atoms with Crippen molar-refractivity contribution < 1.29 is 4.74 Å². The summed E-state index contributed by atoms with van der Waals surface area (Å²) in [4.78, 5) is 0. The van der Waals surface area contributed by atoms with E-state index in [0.29, 0.717) is 5.69 Å². The minimum absolute atomic E-state index is 0.694. The standard InChI is InChI=1S/C25H19NO/c26-19-9-6-10-20(16-19)27-24-14-4-3-12-22(24)23-13-5-8-18-15-17-7-1-2-11-21(17)25(18)23/h1-14,16H,15,26H2. The molecule has 2 nitrogen and oxygen atoms in total. The second-order valence-electron chi connectivity index (χ2n) is 6.84. The van der Waals surface area contributed by atoms with Gasteiger partial charge in [-0.2, -0.15) is 0 Å². The molecule has 0 saturated heterocycles. The van der Waals surface area contributed by atoms with E-state index in [-0.39, 0.29) is 0 Å². The molecule has 27 heavy (non-hydrogen) atoms. The molecule has 0 atom stereocenters. The fourth-order valence-electron chi connectivity index (χ4n) is 3.90. The zero-order valence-corrected chi connectivity index (χ0v) is 14.9. The molecule has 0 spiro atoms. The summed E-state index contributed by atoms with van der Waals surface area (Å²) in [7, 11) is 0. The smallest absolute Gasteiger partial charge is 0.135 e. The number of benzene rings is 4. The average Bonchev–Trinajstić information content (AvgIpc) is 3.07. The summed E-state index contributed by atoms with van der Waals surface area (Å²) >= 11 is 0. The van der Waals surface area contributed by atoms with Gasteiger partial charge < -0.3 is 10.5 Å². The largest absolute Gasteiger partial charge is 0.457 e. The van der Waals surface area contributed by atoms with Crippen LogP contribution in [0.1, 0.15) is 11.1 Å². The Labute approximate surface area is 158 Å². The molecule has 0 saturated carbocycles. The summed E-state index contributed by atoms with van der Waals surface area (Å²) in [5, 5.41) is 0. The minimum Gasteiger partial charge on any atom is -0.457 e. The van der Waals surface area contributed by atoms with E-state index in [1.807, 2.05) is 36.4 Å².